The van der Waals surface area contributed by atoms with E-state index < -0.39 is 0 Å². The number of carbonyl (C=O) groups is 1. The van der Waals surface area contributed by atoms with E-state index in [-0.39, 0.29) is 5.91 Å². The van der Waals surface area contributed by atoms with Crippen LogP contribution in [0.1, 0.15) is 21.7 Å². The standard InChI is InChI=1S/C14H16BrN3O/c1-9-3-5-11(18(9)2)8-17-14(19)12-7-10(16)4-6-13(12)15/h3-7H,8,16H2,1-2H3,(H,17,19). The second kappa shape index (κ2) is 5.48. The van der Waals surface area contributed by atoms with Gasteiger partial charge in [-0.25, -0.2) is 0 Å². The van der Waals surface area contributed by atoms with Crippen molar-refractivity contribution in [3.05, 3.63) is 51.8 Å². The van der Waals surface area contributed by atoms with Gasteiger partial charge in [-0.1, -0.05) is 0 Å². The number of hydrogen-bond acceptors (Lipinski definition) is 2. The van der Waals surface area contributed by atoms with Gasteiger partial charge >= 0.3 is 0 Å². The third-order valence-electron chi connectivity index (χ3n) is 3.14. The molecular weight excluding hydrogens is 306 g/mol. The van der Waals surface area contributed by atoms with Crippen molar-refractivity contribution in [2.75, 3.05) is 5.73 Å². The van der Waals surface area contributed by atoms with E-state index in [4.69, 9.17) is 5.73 Å². The number of nitrogens with one attached hydrogen (secondary N) is 1. The molecule has 0 saturated carbocycles. The van der Waals surface area contributed by atoms with Gasteiger partial charge in [0.1, 0.15) is 0 Å². The molecule has 2 aromatic rings. The molecule has 1 aromatic heterocycles. The average molecular weight is 322 g/mol. The lowest BCUT2D eigenvalue weighted by molar-refractivity contribution is 0.0949. The smallest absolute Gasteiger partial charge is 0.252 e. The van der Waals surface area contributed by atoms with E-state index in [0.29, 0.717) is 17.8 Å². The van der Waals surface area contributed by atoms with Crippen molar-refractivity contribution in [3.8, 4) is 0 Å². The molecule has 0 bridgehead atoms. The molecule has 2 rings (SSSR count). The Balaban J connectivity index is 2.09. The Morgan fingerprint density at radius 1 is 1.37 bits per heavy atom. The van der Waals surface area contributed by atoms with Gasteiger partial charge in [-0.2, -0.15) is 0 Å². The molecule has 1 amide bonds. The number of aromatic nitrogens is 1. The number of rotatable bonds is 3. The number of carbonyl (C=O) groups excluding carboxylic acids is 1. The molecule has 5 heteroatoms. The highest BCUT2D eigenvalue weighted by Crippen LogP contribution is 2.19. The van der Waals surface area contributed by atoms with E-state index in [1.54, 1.807) is 18.2 Å². The third kappa shape index (κ3) is 2.98. The van der Waals surface area contributed by atoms with Gasteiger partial charge in [-0.15, -0.1) is 0 Å². The molecule has 4 nitrogen and oxygen atoms in total. The van der Waals surface area contributed by atoms with Crippen LogP contribution < -0.4 is 11.1 Å². The number of nitrogen functional groups attached to an aromatic ring is 1. The van der Waals surface area contributed by atoms with E-state index >= 15 is 0 Å². The fourth-order valence-electron chi connectivity index (χ4n) is 1.83. The number of anilines is 1. The molecule has 1 aromatic carbocycles. The van der Waals surface area contributed by atoms with Crippen LogP contribution in [0, 0.1) is 6.92 Å². The number of nitrogens with zero attached hydrogens (tertiary/aromatic N) is 1. The normalized spacial score (nSPS) is 10.5. The van der Waals surface area contributed by atoms with Gasteiger partial charge < -0.3 is 15.6 Å². The quantitative estimate of drug-likeness (QED) is 0.854. The van der Waals surface area contributed by atoms with Gasteiger partial charge in [0.15, 0.2) is 0 Å². The summed E-state index contributed by atoms with van der Waals surface area (Å²) in [4.78, 5) is 12.1. The monoisotopic (exact) mass is 321 g/mol. The van der Waals surface area contributed by atoms with Crippen LogP contribution in [-0.2, 0) is 13.6 Å². The van der Waals surface area contributed by atoms with Crippen LogP contribution in [0.25, 0.3) is 0 Å². The van der Waals surface area contributed by atoms with E-state index in [0.717, 1.165) is 15.9 Å². The SMILES string of the molecule is Cc1ccc(CNC(=O)c2cc(N)ccc2Br)n1C. The summed E-state index contributed by atoms with van der Waals surface area (Å²) in [6, 6.07) is 9.22. The molecular formula is C14H16BrN3O. The number of aryl methyl sites for hydroxylation is 1. The molecule has 0 fully saturated rings. The summed E-state index contributed by atoms with van der Waals surface area (Å²) in [6.07, 6.45) is 0. The van der Waals surface area contributed by atoms with Gasteiger partial charge in [0.2, 0.25) is 0 Å². The van der Waals surface area contributed by atoms with Crippen LogP contribution in [0.4, 0.5) is 5.69 Å². The summed E-state index contributed by atoms with van der Waals surface area (Å²) < 4.78 is 2.79. The highest BCUT2D eigenvalue weighted by molar-refractivity contribution is 9.10. The van der Waals surface area contributed by atoms with Crippen LogP contribution in [0.3, 0.4) is 0 Å². The summed E-state index contributed by atoms with van der Waals surface area (Å²) in [5, 5.41) is 2.89. The van der Waals surface area contributed by atoms with Crippen molar-refractivity contribution in [2.45, 2.75) is 13.5 Å². The number of amides is 1. The van der Waals surface area contributed by atoms with E-state index in [1.165, 1.54) is 0 Å². The van der Waals surface area contributed by atoms with E-state index in [9.17, 15) is 4.79 Å². The Morgan fingerprint density at radius 2 is 2.11 bits per heavy atom. The molecule has 0 atom stereocenters. The minimum absolute atomic E-state index is 0.141. The van der Waals surface area contributed by atoms with Gasteiger partial charge in [0.05, 0.1) is 12.1 Å². The second-order valence-electron chi connectivity index (χ2n) is 4.45. The van der Waals surface area contributed by atoms with Crippen molar-refractivity contribution in [2.24, 2.45) is 7.05 Å². The molecule has 3 N–H and O–H groups in total. The maximum absolute atomic E-state index is 12.1. The first-order valence-corrected chi connectivity index (χ1v) is 6.73. The highest BCUT2D eigenvalue weighted by atomic mass is 79.9. The number of nitrogens with two attached hydrogens (primary N) is 1. The Bertz CT molecular complexity index is 619. The molecule has 0 aliphatic carbocycles. The van der Waals surface area contributed by atoms with Gasteiger partial charge in [0.25, 0.3) is 5.91 Å². The maximum Gasteiger partial charge on any atom is 0.252 e. The predicted molar refractivity (Wildman–Crippen MR) is 79.9 cm³/mol. The molecule has 0 radical (unpaired) electrons. The Hall–Kier alpha value is -1.75. The molecule has 0 saturated heterocycles. The predicted octanol–water partition coefficient (Wildman–Crippen LogP) is 2.61. The topological polar surface area (TPSA) is 60.1 Å². The number of halogens is 1. The zero-order valence-electron chi connectivity index (χ0n) is 10.9. The summed E-state index contributed by atoms with van der Waals surface area (Å²) in [7, 11) is 1.98. The van der Waals surface area contributed by atoms with Crippen LogP contribution >= 0.6 is 15.9 Å². The summed E-state index contributed by atoms with van der Waals surface area (Å²) >= 11 is 3.35. The Kier molecular flexibility index (Phi) is 3.95. The molecule has 19 heavy (non-hydrogen) atoms. The van der Waals surface area contributed by atoms with Crippen LogP contribution in [0.2, 0.25) is 0 Å². The first-order valence-electron chi connectivity index (χ1n) is 5.93. The Labute approximate surface area is 120 Å². The van der Waals surface area contributed by atoms with E-state index in [1.807, 2.05) is 26.1 Å². The lowest BCUT2D eigenvalue weighted by Gasteiger charge is -2.09. The zero-order valence-corrected chi connectivity index (χ0v) is 12.5. The highest BCUT2D eigenvalue weighted by Gasteiger charge is 2.11. The minimum atomic E-state index is -0.141. The fourth-order valence-corrected chi connectivity index (χ4v) is 2.25. The van der Waals surface area contributed by atoms with E-state index in [2.05, 4.69) is 25.8 Å². The Morgan fingerprint density at radius 3 is 2.74 bits per heavy atom. The lowest BCUT2D eigenvalue weighted by atomic mass is 10.2. The summed E-state index contributed by atoms with van der Waals surface area (Å²) in [5.74, 6) is -0.141. The summed E-state index contributed by atoms with van der Waals surface area (Å²) in [5.41, 5.74) is 9.04. The number of benzene rings is 1. The van der Waals surface area contributed by atoms with Crippen molar-refractivity contribution in [1.82, 2.24) is 9.88 Å². The zero-order chi connectivity index (χ0) is 14.0. The van der Waals surface area contributed by atoms with Gasteiger partial charge in [-0.05, 0) is 53.2 Å². The molecule has 0 aliphatic heterocycles. The first kappa shape index (κ1) is 13.7. The molecule has 0 aliphatic rings. The summed E-state index contributed by atoms with van der Waals surface area (Å²) in [6.45, 7) is 2.52. The fraction of sp³-hybridized carbons (Fsp3) is 0.214. The molecule has 1 heterocycles. The maximum atomic E-state index is 12.1. The van der Waals surface area contributed by atoms with Gasteiger partial charge in [0, 0.05) is 28.6 Å². The second-order valence-corrected chi connectivity index (χ2v) is 5.30. The van der Waals surface area contributed by atoms with Crippen LogP contribution in [-0.4, -0.2) is 10.5 Å². The first-order chi connectivity index (χ1) is 8.99. The van der Waals surface area contributed by atoms with Crippen molar-refractivity contribution >= 4 is 27.5 Å². The molecule has 100 valence electrons. The largest absolute Gasteiger partial charge is 0.399 e. The van der Waals surface area contributed by atoms with Crippen LogP contribution in [0.5, 0.6) is 0 Å². The lowest BCUT2D eigenvalue weighted by Crippen LogP contribution is -2.24. The van der Waals surface area contributed by atoms with Crippen LogP contribution in [0.15, 0.2) is 34.8 Å². The van der Waals surface area contributed by atoms with Crippen molar-refractivity contribution in [3.63, 3.8) is 0 Å². The van der Waals surface area contributed by atoms with Crippen molar-refractivity contribution in [1.29, 1.82) is 0 Å². The third-order valence-corrected chi connectivity index (χ3v) is 3.83. The molecule has 0 spiro atoms. The minimum Gasteiger partial charge on any atom is -0.399 e. The van der Waals surface area contributed by atoms with Gasteiger partial charge in [-0.3, -0.25) is 4.79 Å². The van der Waals surface area contributed by atoms with Crippen molar-refractivity contribution < 1.29 is 4.79 Å². The average Bonchev–Trinajstić information content (AvgIpc) is 2.70. The number of hydrogen-bond donors (Lipinski definition) is 2. The molecule has 0 unspecified atom stereocenters.